The molecule has 8 atom stereocenters. The Kier molecular flexibility index (Phi) is 8.25. The summed E-state index contributed by atoms with van der Waals surface area (Å²) in [4.78, 5) is 49.9. The van der Waals surface area contributed by atoms with E-state index in [-0.39, 0.29) is 23.6 Å². The van der Waals surface area contributed by atoms with E-state index in [1.54, 1.807) is 63.8 Å². The molecule has 1 saturated heterocycles. The number of esters is 1. The molecule has 2 heterocycles. The first-order chi connectivity index (χ1) is 23.4. The molecule has 2 aromatic rings. The Hall–Kier alpha value is -4.64. The predicted octanol–water partition coefficient (Wildman–Crippen LogP) is 6.24. The minimum Gasteiger partial charge on any atom is -0.504 e. The molecule has 50 heavy (non-hydrogen) atoms. The Morgan fingerprint density at radius 1 is 1.02 bits per heavy atom. The summed E-state index contributed by atoms with van der Waals surface area (Å²) < 4.78 is 28.1. The highest BCUT2D eigenvalue weighted by atomic mass is 16.6. The maximum absolute atomic E-state index is 14.3. The molecule has 3 fully saturated rings. The zero-order valence-corrected chi connectivity index (χ0v) is 29.6. The Morgan fingerprint density at radius 2 is 1.72 bits per heavy atom. The molecular formula is C39H44O11. The van der Waals surface area contributed by atoms with Crippen molar-refractivity contribution in [3.05, 3.63) is 77.5 Å². The summed E-state index contributed by atoms with van der Waals surface area (Å²) in [6.07, 6.45) is 9.73. The van der Waals surface area contributed by atoms with Gasteiger partial charge in [0.2, 0.25) is 5.78 Å². The van der Waals surface area contributed by atoms with E-state index in [1.807, 2.05) is 19.9 Å². The summed E-state index contributed by atoms with van der Waals surface area (Å²) in [5, 5.41) is 20.0. The number of hydrogen-bond acceptors (Lipinski definition) is 10. The highest BCUT2D eigenvalue weighted by molar-refractivity contribution is 6.06. The topological polar surface area (TPSA) is 162 Å². The fraction of sp³-hybridized carbons (Fsp3) is 0.487. The van der Waals surface area contributed by atoms with Gasteiger partial charge in [-0.3, -0.25) is 14.4 Å². The number of aliphatic carboxylic acids is 1. The van der Waals surface area contributed by atoms with E-state index >= 15 is 0 Å². The molecule has 5 aliphatic rings. The molecule has 4 aliphatic carbocycles. The van der Waals surface area contributed by atoms with Crippen LogP contribution in [0.15, 0.2) is 70.8 Å². The van der Waals surface area contributed by atoms with Crippen molar-refractivity contribution in [2.45, 2.75) is 78.1 Å². The summed E-state index contributed by atoms with van der Waals surface area (Å²) >= 11 is 0. The molecule has 1 aromatic carbocycles. The van der Waals surface area contributed by atoms with Crippen LogP contribution in [0.4, 0.5) is 0 Å². The van der Waals surface area contributed by atoms with Gasteiger partial charge in [0.1, 0.15) is 11.7 Å². The summed E-state index contributed by atoms with van der Waals surface area (Å²) in [7, 11) is 3.08. The van der Waals surface area contributed by atoms with Crippen molar-refractivity contribution in [1.82, 2.24) is 0 Å². The zero-order valence-electron chi connectivity index (χ0n) is 29.6. The number of epoxide rings is 1. The van der Waals surface area contributed by atoms with Crippen molar-refractivity contribution in [1.29, 1.82) is 0 Å². The summed E-state index contributed by atoms with van der Waals surface area (Å²) in [5.41, 5.74) is -2.31. The van der Waals surface area contributed by atoms with E-state index in [0.29, 0.717) is 29.9 Å². The Labute approximate surface area is 290 Å². The van der Waals surface area contributed by atoms with Gasteiger partial charge in [-0.2, -0.15) is 0 Å². The average Bonchev–Trinajstić information content (AvgIpc) is 3.42. The molecule has 1 spiro atoms. The van der Waals surface area contributed by atoms with Gasteiger partial charge in [-0.05, 0) is 86.6 Å². The summed E-state index contributed by atoms with van der Waals surface area (Å²) in [6, 6.07) is 7.13. The lowest BCUT2D eigenvalue weighted by Crippen LogP contribution is -2.70. The van der Waals surface area contributed by atoms with Crippen molar-refractivity contribution in [3.63, 3.8) is 0 Å². The number of rotatable bonds is 6. The second kappa shape index (κ2) is 11.7. The molecule has 2 N–H and O–H groups in total. The van der Waals surface area contributed by atoms with Gasteiger partial charge in [0, 0.05) is 29.7 Å². The number of furan rings is 1. The van der Waals surface area contributed by atoms with Crippen molar-refractivity contribution in [2.24, 2.45) is 27.6 Å². The largest absolute Gasteiger partial charge is 0.504 e. The lowest BCUT2D eigenvalue weighted by atomic mass is 9.38. The lowest BCUT2D eigenvalue weighted by molar-refractivity contribution is -0.200. The standard InChI is InChI=1S/C28H32O7.C11H12O4/c1-14(29)34-17-12-26(5)16(15-8-10-33-13-15)11-19-28(26,35-19)27(6)21(17)25(4)9-7-18(30)24(2,3)22(25)20(31)23(27)32;1-14-9-5-3-8(4-6-11(12)13)7-10(9)15-2/h7-10,13,16-17,19,21,31H,11-12H2,1-6H3;3-7H,1-2H3,(H,12,13). The Balaban J connectivity index is 0.000000243. The second-order valence-corrected chi connectivity index (χ2v) is 15.1. The molecule has 1 aromatic heterocycles. The fourth-order valence-electron chi connectivity index (χ4n) is 10.3. The molecule has 11 heteroatoms. The Morgan fingerprint density at radius 3 is 2.32 bits per heavy atom. The summed E-state index contributed by atoms with van der Waals surface area (Å²) in [6.45, 7) is 10.8. The number of ether oxygens (including phenoxy) is 4. The molecule has 1 aliphatic heterocycles. The van der Waals surface area contributed by atoms with Crippen LogP contribution in [0.3, 0.4) is 0 Å². The average molecular weight is 689 g/mol. The number of carbonyl (C=O) groups is 4. The van der Waals surface area contributed by atoms with Crippen molar-refractivity contribution >= 4 is 29.6 Å². The van der Waals surface area contributed by atoms with E-state index < -0.39 is 57.0 Å². The predicted molar refractivity (Wildman–Crippen MR) is 180 cm³/mol. The third-order valence-corrected chi connectivity index (χ3v) is 12.2. The number of carboxylic acid groups (broad SMARTS) is 1. The van der Waals surface area contributed by atoms with Gasteiger partial charge < -0.3 is 33.6 Å². The van der Waals surface area contributed by atoms with Crippen LogP contribution in [0.1, 0.15) is 71.4 Å². The first-order valence-corrected chi connectivity index (χ1v) is 16.7. The number of fused-ring (bicyclic) bond motifs is 3. The SMILES string of the molecule is CC(=O)OC1CC2(C)C(c3ccoc3)CC3OC32C2(C)C(=O)C(O)=C3C(C)(C)C(=O)C=CC3(C)C12.COc1ccc(C=CC(=O)O)cc1OC. The van der Waals surface area contributed by atoms with E-state index in [1.165, 1.54) is 20.1 Å². The van der Waals surface area contributed by atoms with Crippen LogP contribution in [0.25, 0.3) is 6.08 Å². The summed E-state index contributed by atoms with van der Waals surface area (Å²) in [5.74, 6) is -1.63. The van der Waals surface area contributed by atoms with Crippen molar-refractivity contribution in [3.8, 4) is 11.5 Å². The number of methoxy groups -OCH3 is 2. The van der Waals surface area contributed by atoms with Gasteiger partial charge in [0.15, 0.2) is 23.0 Å². The molecule has 11 nitrogen and oxygen atoms in total. The number of Topliss-reactive ketones (excluding diaryl/α,β-unsaturated/α-hetero) is 1. The van der Waals surface area contributed by atoms with E-state index in [0.717, 1.165) is 17.2 Å². The zero-order chi connectivity index (χ0) is 36.6. The van der Waals surface area contributed by atoms with Crippen LogP contribution in [0, 0.1) is 27.6 Å². The molecule has 8 unspecified atom stereocenters. The maximum Gasteiger partial charge on any atom is 0.328 e. The third-order valence-electron chi connectivity index (χ3n) is 12.2. The highest BCUT2D eigenvalue weighted by Crippen LogP contribution is 2.81. The number of aliphatic hydroxyl groups is 1. The minimum atomic E-state index is -1.17. The third kappa shape index (κ3) is 4.72. The minimum absolute atomic E-state index is 0.0453. The number of benzene rings is 1. The van der Waals surface area contributed by atoms with Crippen LogP contribution < -0.4 is 9.47 Å². The molecular weight excluding hydrogens is 644 g/mol. The second-order valence-electron chi connectivity index (χ2n) is 15.1. The lowest BCUT2D eigenvalue weighted by Gasteiger charge is -2.64. The normalized spacial score (nSPS) is 36.0. The van der Waals surface area contributed by atoms with Gasteiger partial charge >= 0.3 is 11.9 Å². The van der Waals surface area contributed by atoms with Crippen LogP contribution in [-0.4, -0.2) is 65.7 Å². The molecule has 0 bridgehead atoms. The first-order valence-electron chi connectivity index (χ1n) is 16.7. The van der Waals surface area contributed by atoms with Crippen LogP contribution in [0.5, 0.6) is 11.5 Å². The number of aliphatic hydroxyl groups excluding tert-OH is 1. The van der Waals surface area contributed by atoms with E-state index in [2.05, 4.69) is 6.92 Å². The monoisotopic (exact) mass is 688 g/mol. The van der Waals surface area contributed by atoms with E-state index in [4.69, 9.17) is 28.5 Å². The Bertz CT molecular complexity index is 1850. The van der Waals surface area contributed by atoms with Crippen LogP contribution >= 0.6 is 0 Å². The van der Waals surface area contributed by atoms with Crippen molar-refractivity contribution < 1.29 is 52.8 Å². The van der Waals surface area contributed by atoms with Gasteiger partial charge in [-0.25, -0.2) is 4.79 Å². The number of ketones is 2. The van der Waals surface area contributed by atoms with Crippen LogP contribution in [0.2, 0.25) is 0 Å². The molecule has 7 rings (SSSR count). The van der Waals surface area contributed by atoms with Gasteiger partial charge in [0.25, 0.3) is 0 Å². The maximum atomic E-state index is 14.3. The molecule has 0 amide bonds. The molecule has 0 radical (unpaired) electrons. The van der Waals surface area contributed by atoms with Crippen LogP contribution in [-0.2, 0) is 28.7 Å². The number of carboxylic acids is 1. The van der Waals surface area contributed by atoms with Gasteiger partial charge in [-0.15, -0.1) is 0 Å². The number of carbonyl (C=O) groups excluding carboxylic acids is 3. The van der Waals surface area contributed by atoms with Gasteiger partial charge in [-0.1, -0.05) is 26.0 Å². The van der Waals surface area contributed by atoms with Gasteiger partial charge in [0.05, 0.1) is 43.7 Å². The quantitative estimate of drug-likeness (QED) is 0.201. The smallest absolute Gasteiger partial charge is 0.328 e. The van der Waals surface area contributed by atoms with E-state index in [9.17, 15) is 24.3 Å². The number of hydrogen-bond donors (Lipinski definition) is 2. The fourth-order valence-corrected chi connectivity index (χ4v) is 10.3. The first kappa shape index (κ1) is 35.2. The van der Waals surface area contributed by atoms with Crippen molar-refractivity contribution in [2.75, 3.05) is 14.2 Å². The highest BCUT2D eigenvalue weighted by Gasteiger charge is 2.89. The molecule has 2 saturated carbocycles. The molecule has 266 valence electrons. The number of allylic oxidation sites excluding steroid dienone is 4.